The molecule has 88 valence electrons. The fraction of sp³-hybridized carbons (Fsp3) is 0.462. The standard InChI is InChI=1S/C13H20N2O/c1-3-7-12(15-10-13(16)14-2)11-8-5-4-6-9-11/h4-6,8-9,12,15H,3,7,10H2,1-2H3,(H,14,16). The third kappa shape index (κ3) is 4.03. The highest BCUT2D eigenvalue weighted by Crippen LogP contribution is 2.17. The zero-order valence-corrected chi connectivity index (χ0v) is 9.99. The Labute approximate surface area is 97.2 Å². The quantitative estimate of drug-likeness (QED) is 0.768. The van der Waals surface area contributed by atoms with E-state index in [2.05, 4.69) is 29.7 Å². The van der Waals surface area contributed by atoms with E-state index in [1.54, 1.807) is 7.05 Å². The third-order valence-corrected chi connectivity index (χ3v) is 2.57. The van der Waals surface area contributed by atoms with Crippen LogP contribution in [0.2, 0.25) is 0 Å². The molecular weight excluding hydrogens is 200 g/mol. The van der Waals surface area contributed by atoms with Gasteiger partial charge in [0.2, 0.25) is 5.91 Å². The van der Waals surface area contributed by atoms with Crippen LogP contribution >= 0.6 is 0 Å². The third-order valence-electron chi connectivity index (χ3n) is 2.57. The maximum absolute atomic E-state index is 11.2. The SMILES string of the molecule is CCCC(NCC(=O)NC)c1ccccc1. The zero-order chi connectivity index (χ0) is 11.8. The Hall–Kier alpha value is -1.35. The molecular formula is C13H20N2O. The Bertz CT molecular complexity index is 311. The van der Waals surface area contributed by atoms with Crippen molar-refractivity contribution in [1.82, 2.24) is 10.6 Å². The van der Waals surface area contributed by atoms with Gasteiger partial charge in [0, 0.05) is 13.1 Å². The van der Waals surface area contributed by atoms with Crippen LogP contribution in [0, 0.1) is 0 Å². The second kappa shape index (κ2) is 7.01. The van der Waals surface area contributed by atoms with Crippen molar-refractivity contribution in [1.29, 1.82) is 0 Å². The number of carbonyl (C=O) groups is 1. The Balaban J connectivity index is 2.57. The molecule has 3 nitrogen and oxygen atoms in total. The van der Waals surface area contributed by atoms with Gasteiger partial charge in [-0.15, -0.1) is 0 Å². The molecule has 0 saturated heterocycles. The second-order valence-electron chi connectivity index (χ2n) is 3.81. The van der Waals surface area contributed by atoms with Gasteiger partial charge in [0.25, 0.3) is 0 Å². The van der Waals surface area contributed by atoms with E-state index in [1.807, 2.05) is 18.2 Å². The van der Waals surface area contributed by atoms with Gasteiger partial charge in [0.15, 0.2) is 0 Å². The summed E-state index contributed by atoms with van der Waals surface area (Å²) in [6, 6.07) is 10.5. The molecule has 0 aliphatic carbocycles. The summed E-state index contributed by atoms with van der Waals surface area (Å²) in [6.07, 6.45) is 2.14. The normalized spacial score (nSPS) is 12.1. The lowest BCUT2D eigenvalue weighted by atomic mass is 10.0. The van der Waals surface area contributed by atoms with Crippen molar-refractivity contribution >= 4 is 5.91 Å². The topological polar surface area (TPSA) is 41.1 Å². The maximum atomic E-state index is 11.2. The van der Waals surface area contributed by atoms with Gasteiger partial charge in [-0.2, -0.15) is 0 Å². The summed E-state index contributed by atoms with van der Waals surface area (Å²) in [6.45, 7) is 2.52. The molecule has 0 aliphatic heterocycles. The number of rotatable bonds is 6. The minimum absolute atomic E-state index is 0.0250. The summed E-state index contributed by atoms with van der Waals surface area (Å²) in [4.78, 5) is 11.2. The summed E-state index contributed by atoms with van der Waals surface area (Å²) < 4.78 is 0. The first-order valence-electron chi connectivity index (χ1n) is 5.76. The average Bonchev–Trinajstić information content (AvgIpc) is 2.35. The van der Waals surface area contributed by atoms with Crippen LogP contribution in [-0.4, -0.2) is 19.5 Å². The van der Waals surface area contributed by atoms with E-state index < -0.39 is 0 Å². The number of likely N-dealkylation sites (N-methyl/N-ethyl adjacent to an activating group) is 1. The van der Waals surface area contributed by atoms with E-state index in [0.717, 1.165) is 12.8 Å². The van der Waals surface area contributed by atoms with Gasteiger partial charge in [0.05, 0.1) is 6.54 Å². The molecule has 16 heavy (non-hydrogen) atoms. The van der Waals surface area contributed by atoms with Gasteiger partial charge in [-0.05, 0) is 12.0 Å². The summed E-state index contributed by atoms with van der Waals surface area (Å²) in [5.74, 6) is 0.0250. The largest absolute Gasteiger partial charge is 0.358 e. The zero-order valence-electron chi connectivity index (χ0n) is 9.99. The van der Waals surface area contributed by atoms with Gasteiger partial charge in [-0.1, -0.05) is 43.7 Å². The summed E-state index contributed by atoms with van der Waals surface area (Å²) in [7, 11) is 1.65. The van der Waals surface area contributed by atoms with Crippen LogP contribution < -0.4 is 10.6 Å². The lowest BCUT2D eigenvalue weighted by molar-refractivity contribution is -0.119. The second-order valence-corrected chi connectivity index (χ2v) is 3.81. The number of hydrogen-bond acceptors (Lipinski definition) is 2. The van der Waals surface area contributed by atoms with Crippen molar-refractivity contribution in [3.05, 3.63) is 35.9 Å². The van der Waals surface area contributed by atoms with Gasteiger partial charge in [-0.3, -0.25) is 4.79 Å². The molecule has 0 bridgehead atoms. The Morgan fingerprint density at radius 3 is 2.56 bits per heavy atom. The number of hydrogen-bond donors (Lipinski definition) is 2. The number of nitrogens with one attached hydrogen (secondary N) is 2. The monoisotopic (exact) mass is 220 g/mol. The van der Waals surface area contributed by atoms with Crippen molar-refractivity contribution in [3.8, 4) is 0 Å². The van der Waals surface area contributed by atoms with Gasteiger partial charge >= 0.3 is 0 Å². The predicted molar refractivity (Wildman–Crippen MR) is 66.2 cm³/mol. The van der Waals surface area contributed by atoms with Crippen LogP contribution in [0.3, 0.4) is 0 Å². The average molecular weight is 220 g/mol. The van der Waals surface area contributed by atoms with E-state index >= 15 is 0 Å². The molecule has 0 spiro atoms. The Morgan fingerprint density at radius 1 is 1.31 bits per heavy atom. The summed E-state index contributed by atoms with van der Waals surface area (Å²) in [5.41, 5.74) is 1.24. The molecule has 0 saturated carbocycles. The summed E-state index contributed by atoms with van der Waals surface area (Å²) in [5, 5.41) is 5.89. The fourth-order valence-electron chi connectivity index (χ4n) is 1.66. The molecule has 0 radical (unpaired) electrons. The van der Waals surface area contributed by atoms with Crippen molar-refractivity contribution in [2.45, 2.75) is 25.8 Å². The van der Waals surface area contributed by atoms with Crippen LogP contribution in [0.25, 0.3) is 0 Å². The van der Waals surface area contributed by atoms with Crippen LogP contribution in [-0.2, 0) is 4.79 Å². The first-order chi connectivity index (χ1) is 7.77. The molecule has 3 heteroatoms. The Morgan fingerprint density at radius 2 is 2.00 bits per heavy atom. The molecule has 1 rings (SSSR count). The Kier molecular flexibility index (Phi) is 5.57. The molecule has 1 aromatic rings. The van der Waals surface area contributed by atoms with Crippen LogP contribution in [0.5, 0.6) is 0 Å². The molecule has 1 amide bonds. The van der Waals surface area contributed by atoms with Crippen molar-refractivity contribution < 1.29 is 4.79 Å². The van der Waals surface area contributed by atoms with Crippen LogP contribution in [0.1, 0.15) is 31.4 Å². The van der Waals surface area contributed by atoms with Crippen LogP contribution in [0.4, 0.5) is 0 Å². The predicted octanol–water partition coefficient (Wildman–Crippen LogP) is 1.86. The molecule has 2 N–H and O–H groups in total. The van der Waals surface area contributed by atoms with E-state index in [0.29, 0.717) is 6.54 Å². The lowest BCUT2D eigenvalue weighted by Crippen LogP contribution is -2.33. The maximum Gasteiger partial charge on any atom is 0.233 e. The number of amides is 1. The number of carbonyl (C=O) groups excluding carboxylic acids is 1. The minimum Gasteiger partial charge on any atom is -0.358 e. The number of benzene rings is 1. The van der Waals surface area contributed by atoms with Crippen molar-refractivity contribution in [2.24, 2.45) is 0 Å². The van der Waals surface area contributed by atoms with Crippen molar-refractivity contribution in [2.75, 3.05) is 13.6 Å². The molecule has 0 heterocycles. The lowest BCUT2D eigenvalue weighted by Gasteiger charge is -2.18. The van der Waals surface area contributed by atoms with Crippen molar-refractivity contribution in [3.63, 3.8) is 0 Å². The van der Waals surface area contributed by atoms with E-state index in [1.165, 1.54) is 5.56 Å². The molecule has 0 aromatic heterocycles. The first-order valence-corrected chi connectivity index (χ1v) is 5.76. The molecule has 1 aromatic carbocycles. The van der Waals surface area contributed by atoms with Gasteiger partial charge < -0.3 is 10.6 Å². The molecule has 0 aliphatic rings. The highest BCUT2D eigenvalue weighted by atomic mass is 16.1. The smallest absolute Gasteiger partial charge is 0.233 e. The highest BCUT2D eigenvalue weighted by Gasteiger charge is 2.10. The van der Waals surface area contributed by atoms with E-state index in [-0.39, 0.29) is 11.9 Å². The highest BCUT2D eigenvalue weighted by molar-refractivity contribution is 5.77. The van der Waals surface area contributed by atoms with E-state index in [9.17, 15) is 4.79 Å². The summed E-state index contributed by atoms with van der Waals surface area (Å²) >= 11 is 0. The molecule has 0 fully saturated rings. The molecule has 1 unspecified atom stereocenters. The first kappa shape index (κ1) is 12.7. The fourth-order valence-corrected chi connectivity index (χ4v) is 1.66. The molecule has 1 atom stereocenters. The van der Waals surface area contributed by atoms with Gasteiger partial charge in [-0.25, -0.2) is 0 Å². The van der Waals surface area contributed by atoms with Crippen LogP contribution in [0.15, 0.2) is 30.3 Å². The van der Waals surface area contributed by atoms with Gasteiger partial charge in [0.1, 0.15) is 0 Å². The van der Waals surface area contributed by atoms with E-state index in [4.69, 9.17) is 0 Å². The minimum atomic E-state index is 0.0250.